The summed E-state index contributed by atoms with van der Waals surface area (Å²) in [7, 11) is 0. The molecule has 5 rings (SSSR count). The summed E-state index contributed by atoms with van der Waals surface area (Å²) in [4.78, 5) is 22.8. The first kappa shape index (κ1) is 21.8. The van der Waals surface area contributed by atoms with Gasteiger partial charge in [0.15, 0.2) is 11.6 Å². The van der Waals surface area contributed by atoms with Gasteiger partial charge in [-0.1, -0.05) is 6.07 Å². The van der Waals surface area contributed by atoms with Crippen LogP contribution in [0.4, 0.5) is 9.18 Å². The molecule has 33 heavy (non-hydrogen) atoms. The van der Waals surface area contributed by atoms with Crippen LogP contribution in [0.1, 0.15) is 55.6 Å². The molecule has 1 aliphatic heterocycles. The zero-order valence-electron chi connectivity index (χ0n) is 18.7. The summed E-state index contributed by atoms with van der Waals surface area (Å²) in [5.74, 6) is 0.538. The first-order chi connectivity index (χ1) is 16.0. The third kappa shape index (κ3) is 5.66. The van der Waals surface area contributed by atoms with Crippen molar-refractivity contribution in [2.45, 2.75) is 51.7 Å². The number of carbonyl (C=O) groups is 1. The van der Waals surface area contributed by atoms with Crippen LogP contribution >= 0.6 is 0 Å². The normalized spacial score (nSPS) is 18.5. The summed E-state index contributed by atoms with van der Waals surface area (Å²) in [5.41, 5.74) is 11.2. The van der Waals surface area contributed by atoms with Crippen LogP contribution < -0.4 is 20.9 Å². The standard InChI is InChI=1S/C24H29FN6O2/c1-15(18-6-7-21(25)23(8-18)33-14-16-2-3-16)30-27-11-19-9-26-10-20(28-19)12-31-13-22(17-4-5-17)29-24(31)32/h6-10,15-16,27,30H,2-5,11-14H2,1H3,(H,29,32). The highest BCUT2D eigenvalue weighted by molar-refractivity contribution is 5.80. The first-order valence-electron chi connectivity index (χ1n) is 11.5. The van der Waals surface area contributed by atoms with Crippen LogP contribution in [0.15, 0.2) is 41.9 Å². The molecule has 3 N–H and O–H groups in total. The van der Waals surface area contributed by atoms with Crippen LogP contribution in [0.25, 0.3) is 0 Å². The number of urea groups is 1. The number of hydrogen-bond donors (Lipinski definition) is 3. The molecule has 8 nitrogen and oxygen atoms in total. The van der Waals surface area contributed by atoms with E-state index in [0.717, 1.165) is 48.3 Å². The smallest absolute Gasteiger partial charge is 0.322 e. The predicted molar refractivity (Wildman–Crippen MR) is 120 cm³/mol. The Balaban J connectivity index is 1.12. The topological polar surface area (TPSA) is 91.4 Å². The van der Waals surface area contributed by atoms with Gasteiger partial charge in [-0.05, 0) is 61.8 Å². The summed E-state index contributed by atoms with van der Waals surface area (Å²) in [6.07, 6.45) is 7.89. The van der Waals surface area contributed by atoms with Crippen molar-refractivity contribution in [3.63, 3.8) is 0 Å². The third-order valence-electron chi connectivity index (χ3n) is 6.12. The van der Waals surface area contributed by atoms with Crippen molar-refractivity contribution in [1.82, 2.24) is 31.0 Å². The van der Waals surface area contributed by atoms with Crippen molar-refractivity contribution >= 4 is 6.03 Å². The minimum absolute atomic E-state index is 0.0628. The molecule has 9 heteroatoms. The molecule has 1 saturated heterocycles. The number of ether oxygens (including phenoxy) is 1. The molecule has 174 valence electrons. The lowest BCUT2D eigenvalue weighted by Gasteiger charge is -2.17. The van der Waals surface area contributed by atoms with Crippen molar-refractivity contribution in [2.75, 3.05) is 13.2 Å². The highest BCUT2D eigenvalue weighted by Gasteiger charge is 2.30. The SMILES string of the molecule is CC(NNCc1cncc(CN2CC(=C3CC3)NC2=O)n1)c1ccc(F)c(OCC2CC2)c1. The van der Waals surface area contributed by atoms with E-state index in [4.69, 9.17) is 4.74 Å². The van der Waals surface area contributed by atoms with E-state index in [0.29, 0.717) is 37.9 Å². The summed E-state index contributed by atoms with van der Waals surface area (Å²) < 4.78 is 19.7. The fourth-order valence-corrected chi connectivity index (χ4v) is 3.78. The number of allylic oxidation sites excluding steroid dienone is 1. The van der Waals surface area contributed by atoms with Gasteiger partial charge in [-0.15, -0.1) is 0 Å². The number of benzene rings is 1. The summed E-state index contributed by atoms with van der Waals surface area (Å²) in [5, 5.41) is 2.95. The molecule has 1 unspecified atom stereocenters. The van der Waals surface area contributed by atoms with E-state index in [9.17, 15) is 9.18 Å². The Morgan fingerprint density at radius 3 is 2.88 bits per heavy atom. The second kappa shape index (κ2) is 9.44. The van der Waals surface area contributed by atoms with E-state index in [1.807, 2.05) is 6.92 Å². The molecule has 1 aromatic heterocycles. The fraction of sp³-hybridized carbons (Fsp3) is 0.458. The maximum absolute atomic E-state index is 14.0. The van der Waals surface area contributed by atoms with Gasteiger partial charge in [0.25, 0.3) is 0 Å². The minimum Gasteiger partial charge on any atom is -0.490 e. The first-order valence-corrected chi connectivity index (χ1v) is 11.5. The third-order valence-corrected chi connectivity index (χ3v) is 6.12. The number of hydrazine groups is 1. The Labute approximate surface area is 192 Å². The molecule has 0 radical (unpaired) electrons. The second-order valence-corrected chi connectivity index (χ2v) is 9.03. The maximum Gasteiger partial charge on any atom is 0.322 e. The Morgan fingerprint density at radius 2 is 2.09 bits per heavy atom. The van der Waals surface area contributed by atoms with Gasteiger partial charge in [-0.3, -0.25) is 20.8 Å². The van der Waals surface area contributed by atoms with Crippen LogP contribution in [-0.2, 0) is 13.1 Å². The van der Waals surface area contributed by atoms with Crippen molar-refractivity contribution in [2.24, 2.45) is 5.92 Å². The van der Waals surface area contributed by atoms with E-state index in [1.165, 1.54) is 11.6 Å². The quantitative estimate of drug-likeness (QED) is 0.479. The molecule has 3 aliphatic rings. The van der Waals surface area contributed by atoms with Gasteiger partial charge in [0.05, 0.1) is 43.8 Å². The average molecular weight is 453 g/mol. The Bertz CT molecular complexity index is 1060. The summed E-state index contributed by atoms with van der Waals surface area (Å²) in [6.45, 7) is 4.06. The molecular formula is C24H29FN6O2. The molecule has 2 amide bonds. The van der Waals surface area contributed by atoms with Gasteiger partial charge in [0.1, 0.15) is 0 Å². The van der Waals surface area contributed by atoms with Crippen LogP contribution in [-0.4, -0.2) is 34.1 Å². The van der Waals surface area contributed by atoms with Gasteiger partial charge in [-0.25, -0.2) is 9.18 Å². The number of carbonyl (C=O) groups excluding carboxylic acids is 1. The van der Waals surface area contributed by atoms with Crippen molar-refractivity contribution < 1.29 is 13.9 Å². The van der Waals surface area contributed by atoms with Crippen molar-refractivity contribution in [3.05, 3.63) is 64.6 Å². The van der Waals surface area contributed by atoms with E-state index in [2.05, 4.69) is 26.1 Å². The molecule has 2 aliphatic carbocycles. The number of aromatic nitrogens is 2. The number of rotatable bonds is 10. The van der Waals surface area contributed by atoms with Crippen LogP contribution in [0.3, 0.4) is 0 Å². The highest BCUT2D eigenvalue weighted by Crippen LogP contribution is 2.33. The van der Waals surface area contributed by atoms with Crippen LogP contribution in [0, 0.1) is 11.7 Å². The number of amides is 2. The fourth-order valence-electron chi connectivity index (χ4n) is 3.78. The summed E-state index contributed by atoms with van der Waals surface area (Å²) >= 11 is 0. The van der Waals surface area contributed by atoms with Crippen LogP contribution in [0.2, 0.25) is 0 Å². The molecule has 1 aromatic carbocycles. The molecule has 0 bridgehead atoms. The van der Waals surface area contributed by atoms with E-state index >= 15 is 0 Å². The van der Waals surface area contributed by atoms with Gasteiger partial charge < -0.3 is 15.0 Å². The lowest BCUT2D eigenvalue weighted by Crippen LogP contribution is -2.34. The number of halogens is 1. The molecule has 2 heterocycles. The van der Waals surface area contributed by atoms with E-state index < -0.39 is 0 Å². The number of nitrogens with zero attached hydrogens (tertiary/aromatic N) is 3. The zero-order valence-corrected chi connectivity index (χ0v) is 18.7. The van der Waals surface area contributed by atoms with Gasteiger partial charge in [-0.2, -0.15) is 0 Å². The average Bonchev–Trinajstić information content (AvgIpc) is 3.73. The van der Waals surface area contributed by atoms with E-state index in [-0.39, 0.29) is 17.9 Å². The van der Waals surface area contributed by atoms with Gasteiger partial charge >= 0.3 is 6.03 Å². The maximum atomic E-state index is 14.0. The van der Waals surface area contributed by atoms with Gasteiger partial charge in [0.2, 0.25) is 0 Å². The number of hydrogen-bond acceptors (Lipinski definition) is 6. The Morgan fingerprint density at radius 1 is 1.27 bits per heavy atom. The highest BCUT2D eigenvalue weighted by atomic mass is 19.1. The predicted octanol–water partition coefficient (Wildman–Crippen LogP) is 3.33. The van der Waals surface area contributed by atoms with Crippen molar-refractivity contribution in [3.8, 4) is 5.75 Å². The van der Waals surface area contributed by atoms with Crippen LogP contribution in [0.5, 0.6) is 5.75 Å². The Kier molecular flexibility index (Phi) is 6.24. The van der Waals surface area contributed by atoms with E-state index in [1.54, 1.807) is 29.4 Å². The monoisotopic (exact) mass is 452 g/mol. The minimum atomic E-state index is -0.334. The zero-order chi connectivity index (χ0) is 22.8. The molecule has 3 fully saturated rings. The lowest BCUT2D eigenvalue weighted by atomic mass is 10.1. The lowest BCUT2D eigenvalue weighted by molar-refractivity contribution is 0.215. The molecular weight excluding hydrogens is 423 g/mol. The van der Waals surface area contributed by atoms with Gasteiger partial charge in [0, 0.05) is 17.9 Å². The molecule has 0 spiro atoms. The Hall–Kier alpha value is -3.04. The van der Waals surface area contributed by atoms with Crippen molar-refractivity contribution in [1.29, 1.82) is 0 Å². The molecule has 2 saturated carbocycles. The largest absolute Gasteiger partial charge is 0.490 e. The molecule has 2 aromatic rings. The molecule has 1 atom stereocenters. The summed E-state index contributed by atoms with van der Waals surface area (Å²) in [6, 6.07) is 4.82. The second-order valence-electron chi connectivity index (χ2n) is 9.03. The number of nitrogens with one attached hydrogen (secondary N) is 3.